The molecule has 96 valence electrons. The zero-order valence-electron chi connectivity index (χ0n) is 9.88. The van der Waals surface area contributed by atoms with E-state index in [2.05, 4.69) is 15.4 Å². The first kappa shape index (κ1) is 13.9. The van der Waals surface area contributed by atoms with Gasteiger partial charge in [0, 0.05) is 6.54 Å². The van der Waals surface area contributed by atoms with Crippen molar-refractivity contribution in [1.29, 1.82) is 0 Å². The summed E-state index contributed by atoms with van der Waals surface area (Å²) in [5.41, 5.74) is 1.05. The molecule has 0 spiro atoms. The Hall–Kier alpha value is -1.20. The normalized spacial score (nSPS) is 10.8. The summed E-state index contributed by atoms with van der Waals surface area (Å²) in [5.74, 6) is 0.193. The lowest BCUT2D eigenvalue weighted by atomic mass is 10.2. The van der Waals surface area contributed by atoms with Gasteiger partial charge in [-0.1, -0.05) is 12.1 Å². The van der Waals surface area contributed by atoms with E-state index < -0.39 is 6.61 Å². The Bertz CT molecular complexity index is 304. The van der Waals surface area contributed by atoms with Crippen LogP contribution in [0.1, 0.15) is 12.0 Å². The van der Waals surface area contributed by atoms with Crippen molar-refractivity contribution in [3.8, 4) is 5.75 Å². The van der Waals surface area contributed by atoms with Crippen molar-refractivity contribution in [2.45, 2.75) is 19.6 Å². The minimum absolute atomic E-state index is 0.193. The highest BCUT2D eigenvalue weighted by Crippen LogP contribution is 2.14. The summed E-state index contributed by atoms with van der Waals surface area (Å²) in [6.45, 7) is -0.122. The molecule has 1 aromatic rings. The molecule has 0 unspecified atom stereocenters. The van der Waals surface area contributed by atoms with Gasteiger partial charge in [-0.05, 0) is 44.3 Å². The fourth-order valence-corrected chi connectivity index (χ4v) is 1.41. The van der Waals surface area contributed by atoms with Gasteiger partial charge in [0.2, 0.25) is 0 Å². The van der Waals surface area contributed by atoms with Crippen LogP contribution in [0, 0.1) is 0 Å². The van der Waals surface area contributed by atoms with Crippen molar-refractivity contribution in [3.05, 3.63) is 29.8 Å². The third-order valence-electron chi connectivity index (χ3n) is 2.26. The van der Waals surface area contributed by atoms with Crippen LogP contribution < -0.4 is 15.4 Å². The zero-order chi connectivity index (χ0) is 12.5. The van der Waals surface area contributed by atoms with Crippen molar-refractivity contribution < 1.29 is 13.5 Å². The topological polar surface area (TPSA) is 33.3 Å². The average molecular weight is 244 g/mol. The summed E-state index contributed by atoms with van der Waals surface area (Å²) in [6, 6.07) is 6.67. The predicted molar refractivity (Wildman–Crippen MR) is 63.3 cm³/mol. The van der Waals surface area contributed by atoms with Crippen molar-refractivity contribution in [2.75, 3.05) is 20.1 Å². The Morgan fingerprint density at radius 3 is 2.47 bits per heavy atom. The van der Waals surface area contributed by atoms with E-state index in [9.17, 15) is 8.78 Å². The quantitative estimate of drug-likeness (QED) is 0.686. The maximum Gasteiger partial charge on any atom is 0.387 e. The lowest BCUT2D eigenvalue weighted by Crippen LogP contribution is -2.19. The molecule has 1 rings (SSSR count). The largest absolute Gasteiger partial charge is 0.435 e. The van der Waals surface area contributed by atoms with Gasteiger partial charge in [0.05, 0.1) is 0 Å². The lowest BCUT2D eigenvalue weighted by molar-refractivity contribution is -0.0498. The van der Waals surface area contributed by atoms with E-state index in [4.69, 9.17) is 0 Å². The van der Waals surface area contributed by atoms with E-state index >= 15 is 0 Å². The molecule has 5 heteroatoms. The number of hydrogen-bond donors (Lipinski definition) is 2. The van der Waals surface area contributed by atoms with E-state index in [1.807, 2.05) is 7.05 Å². The molecule has 0 radical (unpaired) electrons. The average Bonchev–Trinajstić information content (AvgIpc) is 2.30. The van der Waals surface area contributed by atoms with Crippen molar-refractivity contribution in [2.24, 2.45) is 0 Å². The minimum Gasteiger partial charge on any atom is -0.435 e. The first-order valence-electron chi connectivity index (χ1n) is 5.61. The highest BCUT2D eigenvalue weighted by atomic mass is 19.3. The molecule has 2 N–H and O–H groups in total. The second-order valence-electron chi connectivity index (χ2n) is 3.66. The minimum atomic E-state index is -2.76. The molecule has 0 aliphatic rings. The van der Waals surface area contributed by atoms with Crippen LogP contribution in [0.15, 0.2) is 24.3 Å². The summed E-state index contributed by atoms with van der Waals surface area (Å²) in [5, 5.41) is 6.33. The van der Waals surface area contributed by atoms with Gasteiger partial charge in [0.15, 0.2) is 0 Å². The second kappa shape index (κ2) is 7.97. The van der Waals surface area contributed by atoms with Gasteiger partial charge in [-0.2, -0.15) is 8.78 Å². The third-order valence-corrected chi connectivity index (χ3v) is 2.26. The highest BCUT2D eigenvalue weighted by Gasteiger charge is 2.03. The van der Waals surface area contributed by atoms with E-state index in [1.165, 1.54) is 0 Å². The first-order chi connectivity index (χ1) is 8.22. The lowest BCUT2D eigenvalue weighted by Gasteiger charge is -2.07. The molecule has 0 heterocycles. The molecule has 0 atom stereocenters. The zero-order valence-corrected chi connectivity index (χ0v) is 9.88. The molecule has 0 aromatic heterocycles. The predicted octanol–water partition coefficient (Wildman–Crippen LogP) is 1.99. The molecule has 0 saturated carbocycles. The van der Waals surface area contributed by atoms with E-state index in [0.29, 0.717) is 0 Å². The highest BCUT2D eigenvalue weighted by molar-refractivity contribution is 5.27. The maximum absolute atomic E-state index is 11.9. The Morgan fingerprint density at radius 1 is 1.18 bits per heavy atom. The van der Waals surface area contributed by atoms with Crippen molar-refractivity contribution in [3.63, 3.8) is 0 Å². The molecule has 0 fully saturated rings. The number of hydrogen-bond acceptors (Lipinski definition) is 3. The molecule has 1 aromatic carbocycles. The Labute approximate surface area is 100 Å². The number of halogens is 2. The Kier molecular flexibility index (Phi) is 6.50. The van der Waals surface area contributed by atoms with Crippen LogP contribution in [0.25, 0.3) is 0 Å². The van der Waals surface area contributed by atoms with Gasteiger partial charge < -0.3 is 15.4 Å². The Balaban J connectivity index is 2.25. The smallest absolute Gasteiger partial charge is 0.387 e. The molecule has 0 bridgehead atoms. The number of ether oxygens (including phenoxy) is 1. The molecule has 17 heavy (non-hydrogen) atoms. The van der Waals surface area contributed by atoms with Crippen molar-refractivity contribution in [1.82, 2.24) is 10.6 Å². The first-order valence-corrected chi connectivity index (χ1v) is 5.61. The molecular formula is C12H18F2N2O. The van der Waals surface area contributed by atoms with Crippen LogP contribution in [0.4, 0.5) is 8.78 Å². The second-order valence-corrected chi connectivity index (χ2v) is 3.66. The van der Waals surface area contributed by atoms with Crippen LogP contribution in [-0.4, -0.2) is 26.7 Å². The van der Waals surface area contributed by atoms with Gasteiger partial charge in [0.25, 0.3) is 0 Å². The molecule has 3 nitrogen and oxygen atoms in total. The van der Waals surface area contributed by atoms with Crippen LogP contribution in [0.3, 0.4) is 0 Å². The number of rotatable bonds is 8. The number of alkyl halides is 2. The number of benzene rings is 1. The van der Waals surface area contributed by atoms with Crippen LogP contribution in [-0.2, 0) is 6.54 Å². The fraction of sp³-hybridized carbons (Fsp3) is 0.500. The monoisotopic (exact) mass is 244 g/mol. The Morgan fingerprint density at radius 2 is 1.88 bits per heavy atom. The molecule has 0 saturated heterocycles. The maximum atomic E-state index is 11.9. The van der Waals surface area contributed by atoms with Gasteiger partial charge in [-0.15, -0.1) is 0 Å². The summed E-state index contributed by atoms with van der Waals surface area (Å²) in [6.07, 6.45) is 1.06. The third kappa shape index (κ3) is 6.19. The standard InChI is InChI=1S/C12H18F2N2O/c1-15-7-2-8-16-9-10-3-5-11(6-4-10)17-12(13)14/h3-6,12,15-16H,2,7-9H2,1H3. The summed E-state index contributed by atoms with van der Waals surface area (Å²) in [4.78, 5) is 0. The van der Waals surface area contributed by atoms with E-state index in [0.717, 1.165) is 31.6 Å². The van der Waals surface area contributed by atoms with E-state index in [1.54, 1.807) is 24.3 Å². The van der Waals surface area contributed by atoms with Gasteiger partial charge in [-0.3, -0.25) is 0 Å². The summed E-state index contributed by atoms with van der Waals surface area (Å²) >= 11 is 0. The molecular weight excluding hydrogens is 226 g/mol. The van der Waals surface area contributed by atoms with Crippen LogP contribution in [0.2, 0.25) is 0 Å². The fourth-order valence-electron chi connectivity index (χ4n) is 1.41. The summed E-state index contributed by atoms with van der Waals surface area (Å²) in [7, 11) is 1.92. The van der Waals surface area contributed by atoms with Crippen molar-refractivity contribution >= 4 is 0 Å². The molecule has 0 aliphatic heterocycles. The van der Waals surface area contributed by atoms with Gasteiger partial charge >= 0.3 is 6.61 Å². The molecule has 0 amide bonds. The number of nitrogens with one attached hydrogen (secondary N) is 2. The summed E-state index contributed by atoms with van der Waals surface area (Å²) < 4.78 is 28.1. The van der Waals surface area contributed by atoms with E-state index in [-0.39, 0.29) is 5.75 Å². The molecule has 0 aliphatic carbocycles. The van der Waals surface area contributed by atoms with Gasteiger partial charge in [-0.25, -0.2) is 0 Å². The van der Waals surface area contributed by atoms with Crippen LogP contribution in [0.5, 0.6) is 5.75 Å². The SMILES string of the molecule is CNCCCNCc1ccc(OC(F)F)cc1. The van der Waals surface area contributed by atoms with Crippen LogP contribution >= 0.6 is 0 Å². The van der Waals surface area contributed by atoms with Gasteiger partial charge in [0.1, 0.15) is 5.75 Å².